The molecule has 1 saturated heterocycles. The van der Waals surface area contributed by atoms with E-state index in [9.17, 15) is 19.5 Å². The van der Waals surface area contributed by atoms with Crippen molar-refractivity contribution >= 4 is 39.9 Å². The van der Waals surface area contributed by atoms with E-state index in [-0.39, 0.29) is 17.9 Å². The average Bonchev–Trinajstić information content (AvgIpc) is 3.22. The minimum atomic E-state index is -0.909. The van der Waals surface area contributed by atoms with Crippen molar-refractivity contribution in [2.75, 3.05) is 18.6 Å². The number of rotatable bonds is 6. The number of ether oxygens (including phenoxy) is 2. The number of esters is 1. The highest BCUT2D eigenvalue weighted by Crippen LogP contribution is 2.43. The number of Topliss-reactive ketones (excluding diaryl/α,β-unsaturated/α-hetero) is 1. The zero-order chi connectivity index (χ0) is 26.8. The maximum absolute atomic E-state index is 13.5. The number of amides is 1. The first kappa shape index (κ1) is 24.8. The molecule has 0 aliphatic carbocycles. The standard InChI is InChI=1S/C31H25NO6/c1-3-38-31(36)21-11-15-22(16-12-21)32-27(20-13-17-23(37-2)18-14-20)26(29(34)30(32)35)28(33)25-10-6-8-19-7-4-5-9-24(19)25/h4-18,27,33H,3H2,1-2H3/b28-26-. The number of aliphatic hydroxyl groups excluding tert-OH is 1. The van der Waals surface area contributed by atoms with Crippen LogP contribution in [0, 0.1) is 0 Å². The summed E-state index contributed by atoms with van der Waals surface area (Å²) in [5.41, 5.74) is 1.77. The van der Waals surface area contributed by atoms with Gasteiger partial charge in [0.2, 0.25) is 0 Å². The van der Waals surface area contributed by atoms with Crippen molar-refractivity contribution < 1.29 is 29.0 Å². The molecule has 190 valence electrons. The van der Waals surface area contributed by atoms with Crippen LogP contribution >= 0.6 is 0 Å². The Labute approximate surface area is 219 Å². The predicted molar refractivity (Wildman–Crippen MR) is 144 cm³/mol. The van der Waals surface area contributed by atoms with Gasteiger partial charge in [-0.05, 0) is 59.7 Å². The van der Waals surface area contributed by atoms with E-state index in [1.54, 1.807) is 74.7 Å². The summed E-state index contributed by atoms with van der Waals surface area (Å²) in [6.45, 7) is 1.96. The molecule has 5 rings (SSSR count). The molecule has 0 radical (unpaired) electrons. The number of nitrogens with zero attached hydrogens (tertiary/aromatic N) is 1. The minimum Gasteiger partial charge on any atom is -0.507 e. The molecule has 4 aromatic carbocycles. The SMILES string of the molecule is CCOC(=O)c1ccc(N2C(=O)C(=O)/C(=C(\O)c3cccc4ccccc34)C2c2ccc(OC)cc2)cc1. The molecule has 4 aromatic rings. The molecule has 38 heavy (non-hydrogen) atoms. The summed E-state index contributed by atoms with van der Waals surface area (Å²) in [6, 6.07) is 25.3. The van der Waals surface area contributed by atoms with E-state index in [0.717, 1.165) is 10.8 Å². The molecule has 0 saturated carbocycles. The second kappa shape index (κ2) is 10.2. The minimum absolute atomic E-state index is 0.0222. The van der Waals surface area contributed by atoms with Gasteiger partial charge in [0, 0.05) is 11.3 Å². The van der Waals surface area contributed by atoms with Crippen LogP contribution in [0.5, 0.6) is 5.75 Å². The summed E-state index contributed by atoms with van der Waals surface area (Å²) < 4.78 is 10.3. The second-order valence-corrected chi connectivity index (χ2v) is 8.74. The zero-order valence-electron chi connectivity index (χ0n) is 20.9. The highest BCUT2D eigenvalue weighted by molar-refractivity contribution is 6.51. The number of fused-ring (bicyclic) bond motifs is 1. The van der Waals surface area contributed by atoms with Gasteiger partial charge in [-0.3, -0.25) is 14.5 Å². The van der Waals surface area contributed by atoms with E-state index < -0.39 is 23.7 Å². The van der Waals surface area contributed by atoms with E-state index >= 15 is 0 Å². The van der Waals surface area contributed by atoms with Crippen LogP contribution in [0.15, 0.2) is 96.6 Å². The molecular formula is C31H25NO6. The lowest BCUT2D eigenvalue weighted by atomic mass is 9.93. The number of hydrogen-bond donors (Lipinski definition) is 1. The number of carbonyl (C=O) groups is 3. The topological polar surface area (TPSA) is 93.1 Å². The molecule has 1 atom stereocenters. The second-order valence-electron chi connectivity index (χ2n) is 8.74. The van der Waals surface area contributed by atoms with Gasteiger partial charge in [-0.2, -0.15) is 0 Å². The normalized spacial score (nSPS) is 16.6. The molecule has 1 aliphatic rings. The van der Waals surface area contributed by atoms with Crippen molar-refractivity contribution in [3.63, 3.8) is 0 Å². The van der Waals surface area contributed by atoms with Gasteiger partial charge in [0.25, 0.3) is 11.7 Å². The molecular weight excluding hydrogens is 482 g/mol. The summed E-state index contributed by atoms with van der Waals surface area (Å²) >= 11 is 0. The quantitative estimate of drug-likeness (QED) is 0.157. The van der Waals surface area contributed by atoms with Crippen LogP contribution in [0.2, 0.25) is 0 Å². The van der Waals surface area contributed by atoms with E-state index in [0.29, 0.717) is 28.1 Å². The van der Waals surface area contributed by atoms with Crippen LogP contribution in [0.3, 0.4) is 0 Å². The maximum atomic E-state index is 13.5. The van der Waals surface area contributed by atoms with Gasteiger partial charge in [-0.15, -0.1) is 0 Å². The third kappa shape index (κ3) is 4.28. The van der Waals surface area contributed by atoms with Gasteiger partial charge < -0.3 is 14.6 Å². The fourth-order valence-corrected chi connectivity index (χ4v) is 4.75. The summed E-state index contributed by atoms with van der Waals surface area (Å²) in [7, 11) is 1.55. The first-order chi connectivity index (χ1) is 18.4. The number of anilines is 1. The molecule has 0 spiro atoms. The molecule has 0 bridgehead atoms. The predicted octanol–water partition coefficient (Wildman–Crippen LogP) is 5.65. The summed E-state index contributed by atoms with van der Waals surface area (Å²) in [4.78, 5) is 40.4. The maximum Gasteiger partial charge on any atom is 0.338 e. The van der Waals surface area contributed by atoms with E-state index in [4.69, 9.17) is 9.47 Å². The Kier molecular flexibility index (Phi) is 6.66. The van der Waals surface area contributed by atoms with E-state index in [1.165, 1.54) is 4.90 Å². The first-order valence-electron chi connectivity index (χ1n) is 12.1. The fourth-order valence-electron chi connectivity index (χ4n) is 4.75. The Balaban J connectivity index is 1.69. The van der Waals surface area contributed by atoms with Crippen molar-refractivity contribution in [2.24, 2.45) is 0 Å². The Bertz CT molecular complexity index is 1570. The molecule has 1 unspecified atom stereocenters. The van der Waals surface area contributed by atoms with E-state index in [2.05, 4.69) is 0 Å². The fraction of sp³-hybridized carbons (Fsp3) is 0.129. The lowest BCUT2D eigenvalue weighted by Crippen LogP contribution is -2.29. The van der Waals surface area contributed by atoms with Crippen molar-refractivity contribution in [2.45, 2.75) is 13.0 Å². The van der Waals surface area contributed by atoms with Crippen molar-refractivity contribution in [1.29, 1.82) is 0 Å². The van der Waals surface area contributed by atoms with Gasteiger partial charge in [-0.25, -0.2) is 4.79 Å². The first-order valence-corrected chi connectivity index (χ1v) is 12.1. The summed E-state index contributed by atoms with van der Waals surface area (Å²) in [6.07, 6.45) is 0. The van der Waals surface area contributed by atoms with Crippen LogP contribution in [0.25, 0.3) is 16.5 Å². The molecule has 7 heteroatoms. The van der Waals surface area contributed by atoms with Crippen molar-refractivity contribution in [3.05, 3.63) is 113 Å². The number of hydrogen-bond acceptors (Lipinski definition) is 6. The van der Waals surface area contributed by atoms with Gasteiger partial charge in [0.1, 0.15) is 11.5 Å². The Morgan fingerprint density at radius 2 is 1.58 bits per heavy atom. The molecule has 1 N–H and O–H groups in total. The number of ketones is 1. The lowest BCUT2D eigenvalue weighted by Gasteiger charge is -2.26. The summed E-state index contributed by atoms with van der Waals surface area (Å²) in [5, 5.41) is 13.2. The number of carbonyl (C=O) groups excluding carboxylic acids is 3. The molecule has 1 aliphatic heterocycles. The van der Waals surface area contributed by atoms with Crippen LogP contribution < -0.4 is 9.64 Å². The smallest absolute Gasteiger partial charge is 0.338 e. The Morgan fingerprint density at radius 3 is 2.26 bits per heavy atom. The monoisotopic (exact) mass is 507 g/mol. The van der Waals surface area contributed by atoms with Crippen LogP contribution in [-0.4, -0.2) is 36.5 Å². The molecule has 0 aromatic heterocycles. The summed E-state index contributed by atoms with van der Waals surface area (Å²) in [5.74, 6) is -1.71. The van der Waals surface area contributed by atoms with Crippen molar-refractivity contribution in [3.8, 4) is 5.75 Å². The van der Waals surface area contributed by atoms with Crippen LogP contribution in [0.4, 0.5) is 5.69 Å². The highest BCUT2D eigenvalue weighted by atomic mass is 16.5. The number of aliphatic hydroxyl groups is 1. The van der Waals surface area contributed by atoms with E-state index in [1.807, 2.05) is 30.3 Å². The lowest BCUT2D eigenvalue weighted by molar-refractivity contribution is -0.132. The molecule has 1 heterocycles. The Hall–Kier alpha value is -4.91. The largest absolute Gasteiger partial charge is 0.507 e. The van der Waals surface area contributed by atoms with Gasteiger partial charge in [0.15, 0.2) is 0 Å². The van der Waals surface area contributed by atoms with Gasteiger partial charge >= 0.3 is 5.97 Å². The highest BCUT2D eigenvalue weighted by Gasteiger charge is 2.47. The number of methoxy groups -OCH3 is 1. The average molecular weight is 508 g/mol. The molecule has 7 nitrogen and oxygen atoms in total. The Morgan fingerprint density at radius 1 is 0.895 bits per heavy atom. The zero-order valence-corrected chi connectivity index (χ0v) is 20.9. The number of benzene rings is 4. The van der Waals surface area contributed by atoms with Gasteiger partial charge in [-0.1, -0.05) is 54.6 Å². The van der Waals surface area contributed by atoms with Crippen molar-refractivity contribution in [1.82, 2.24) is 0 Å². The third-order valence-electron chi connectivity index (χ3n) is 6.58. The van der Waals surface area contributed by atoms with Crippen LogP contribution in [0.1, 0.15) is 34.5 Å². The van der Waals surface area contributed by atoms with Gasteiger partial charge in [0.05, 0.1) is 30.9 Å². The third-order valence-corrected chi connectivity index (χ3v) is 6.58. The molecule has 1 fully saturated rings. The van der Waals surface area contributed by atoms with Crippen LogP contribution in [-0.2, 0) is 14.3 Å². The molecule has 1 amide bonds.